The second-order valence-electron chi connectivity index (χ2n) is 8.93. The van der Waals surface area contributed by atoms with Gasteiger partial charge >= 0.3 is 18.1 Å². The molecule has 4 rings (SSSR count). The number of aliphatic carboxylic acids is 1. The Labute approximate surface area is 205 Å². The second-order valence-corrected chi connectivity index (χ2v) is 8.93. The minimum Gasteiger partial charge on any atom is -0.478 e. The molecule has 2 heterocycles. The zero-order valence-electron chi connectivity index (χ0n) is 19.6. The Morgan fingerprint density at radius 1 is 1.14 bits per heavy atom. The van der Waals surface area contributed by atoms with E-state index in [0.717, 1.165) is 18.2 Å². The number of anilines is 1. The van der Waals surface area contributed by atoms with Gasteiger partial charge in [0.15, 0.2) is 11.6 Å². The van der Waals surface area contributed by atoms with Crippen LogP contribution >= 0.6 is 0 Å². The summed E-state index contributed by atoms with van der Waals surface area (Å²) in [6.45, 7) is 2.02. The first kappa shape index (κ1) is 25.3. The molecule has 1 atom stereocenters. The number of nitrogens with zero attached hydrogens (tertiary/aromatic N) is 2. The van der Waals surface area contributed by atoms with Crippen molar-refractivity contribution in [1.29, 1.82) is 0 Å². The molecule has 1 saturated heterocycles. The van der Waals surface area contributed by atoms with Gasteiger partial charge in [0, 0.05) is 43.3 Å². The lowest BCUT2D eigenvalue weighted by Gasteiger charge is -2.37. The van der Waals surface area contributed by atoms with Crippen molar-refractivity contribution in [2.75, 3.05) is 25.0 Å². The number of benzene rings is 2. The van der Waals surface area contributed by atoms with Crippen molar-refractivity contribution in [1.82, 2.24) is 9.80 Å². The van der Waals surface area contributed by atoms with Crippen LogP contribution in [0.5, 0.6) is 0 Å². The number of amides is 3. The van der Waals surface area contributed by atoms with Crippen molar-refractivity contribution in [2.24, 2.45) is 0 Å². The lowest BCUT2D eigenvalue weighted by atomic mass is 10.0. The van der Waals surface area contributed by atoms with Gasteiger partial charge in [0.2, 0.25) is 6.10 Å². The molecular formula is C25H26F3N3O5. The van der Waals surface area contributed by atoms with Crippen molar-refractivity contribution in [2.45, 2.75) is 44.8 Å². The molecule has 2 N–H and O–H groups in total. The van der Waals surface area contributed by atoms with E-state index in [2.05, 4.69) is 5.32 Å². The van der Waals surface area contributed by atoms with E-state index in [0.29, 0.717) is 31.9 Å². The largest absolute Gasteiger partial charge is 0.478 e. The molecule has 0 spiro atoms. The van der Waals surface area contributed by atoms with Crippen LogP contribution in [0.3, 0.4) is 0 Å². The number of likely N-dealkylation sites (tertiary alicyclic amines) is 1. The van der Waals surface area contributed by atoms with Crippen LogP contribution in [0.1, 0.15) is 29.5 Å². The second kappa shape index (κ2) is 10.5. The third-order valence-electron chi connectivity index (χ3n) is 6.68. The van der Waals surface area contributed by atoms with Gasteiger partial charge in [0.25, 0.3) is 0 Å². The molecule has 11 heteroatoms. The first-order valence-corrected chi connectivity index (χ1v) is 11.6. The van der Waals surface area contributed by atoms with Gasteiger partial charge in [0.1, 0.15) is 5.82 Å². The minimum atomic E-state index is -1.79. The number of nitrogens with one attached hydrogen (secondary N) is 1. The van der Waals surface area contributed by atoms with E-state index in [1.807, 2.05) is 24.3 Å². The van der Waals surface area contributed by atoms with E-state index >= 15 is 0 Å². The Morgan fingerprint density at radius 3 is 2.53 bits per heavy atom. The zero-order chi connectivity index (χ0) is 26.0. The van der Waals surface area contributed by atoms with Gasteiger partial charge in [-0.3, -0.25) is 0 Å². The van der Waals surface area contributed by atoms with Crippen LogP contribution < -0.4 is 5.32 Å². The lowest BCUT2D eigenvalue weighted by molar-refractivity contribution is -0.147. The fraction of sp³-hybridized carbons (Fsp3) is 0.400. The number of fused-ring (bicyclic) bond motifs is 1. The van der Waals surface area contributed by atoms with Crippen LogP contribution in [0.2, 0.25) is 0 Å². The summed E-state index contributed by atoms with van der Waals surface area (Å²) in [6, 6.07) is 7.82. The molecule has 2 aromatic rings. The Bertz CT molecular complexity index is 1180. The number of halogens is 3. The highest BCUT2D eigenvalue weighted by Crippen LogP contribution is 2.25. The molecule has 0 aromatic heterocycles. The van der Waals surface area contributed by atoms with Crippen molar-refractivity contribution >= 4 is 23.8 Å². The van der Waals surface area contributed by atoms with Crippen LogP contribution in [0.4, 0.5) is 28.4 Å². The molecule has 0 radical (unpaired) electrons. The van der Waals surface area contributed by atoms with Gasteiger partial charge in [-0.25, -0.2) is 27.6 Å². The summed E-state index contributed by atoms with van der Waals surface area (Å²) < 4.78 is 46.7. The monoisotopic (exact) mass is 505 g/mol. The standard InChI is InChI=1S/C25H26F3N3O5/c1-14-21(27)16(12-18(26)22(14)28)13-20(23(32)33)36-25(35)30-9-7-17(8-10-30)31-11-6-15-4-2-3-5-19(15)29-24(31)34/h2-5,12,17,20H,6-11,13H2,1H3,(H,29,34)(H,32,33). The average molecular weight is 505 g/mol. The normalized spacial score (nSPS) is 17.2. The molecule has 3 amide bonds. The Hall–Kier alpha value is -3.76. The van der Waals surface area contributed by atoms with Gasteiger partial charge in [-0.15, -0.1) is 0 Å². The number of para-hydroxylation sites is 1. The molecule has 2 aliphatic rings. The van der Waals surface area contributed by atoms with Crippen LogP contribution in [-0.2, 0) is 22.4 Å². The van der Waals surface area contributed by atoms with Crippen molar-refractivity contribution in [3.8, 4) is 0 Å². The third-order valence-corrected chi connectivity index (χ3v) is 6.68. The van der Waals surface area contributed by atoms with E-state index in [1.54, 1.807) is 4.90 Å². The number of urea groups is 1. The summed E-state index contributed by atoms with van der Waals surface area (Å²) in [7, 11) is 0. The number of rotatable bonds is 5. The fourth-order valence-electron chi connectivity index (χ4n) is 4.62. The van der Waals surface area contributed by atoms with Gasteiger partial charge in [0.05, 0.1) is 0 Å². The summed E-state index contributed by atoms with van der Waals surface area (Å²) in [5.74, 6) is -5.30. The first-order valence-electron chi connectivity index (χ1n) is 11.6. The summed E-state index contributed by atoms with van der Waals surface area (Å²) in [4.78, 5) is 40.1. The molecule has 0 aliphatic carbocycles. The predicted octanol–water partition coefficient (Wildman–Crippen LogP) is 4.10. The van der Waals surface area contributed by atoms with Crippen molar-refractivity contribution in [3.05, 3.63) is 64.5 Å². The predicted molar refractivity (Wildman–Crippen MR) is 123 cm³/mol. The Balaban J connectivity index is 1.35. The molecule has 2 aromatic carbocycles. The maximum Gasteiger partial charge on any atom is 0.410 e. The van der Waals surface area contributed by atoms with E-state index < -0.39 is 53.2 Å². The minimum absolute atomic E-state index is 0.113. The van der Waals surface area contributed by atoms with E-state index in [1.165, 1.54) is 4.90 Å². The lowest BCUT2D eigenvalue weighted by Crippen LogP contribution is -2.50. The van der Waals surface area contributed by atoms with Crippen molar-refractivity contribution in [3.63, 3.8) is 0 Å². The fourth-order valence-corrected chi connectivity index (χ4v) is 4.62. The molecule has 1 fully saturated rings. The molecule has 36 heavy (non-hydrogen) atoms. The SMILES string of the molecule is Cc1c(F)c(F)cc(CC(OC(=O)N2CCC(N3CCc4ccccc4NC3=O)CC2)C(=O)O)c1F. The van der Waals surface area contributed by atoms with Gasteiger partial charge in [-0.1, -0.05) is 18.2 Å². The van der Waals surface area contributed by atoms with Gasteiger partial charge in [-0.05, 0) is 49.4 Å². The smallest absolute Gasteiger partial charge is 0.410 e. The number of carbonyl (C=O) groups excluding carboxylic acids is 2. The van der Waals surface area contributed by atoms with Crippen LogP contribution in [0.25, 0.3) is 0 Å². The van der Waals surface area contributed by atoms with E-state index in [-0.39, 0.29) is 25.2 Å². The van der Waals surface area contributed by atoms with E-state index in [4.69, 9.17) is 4.74 Å². The topological polar surface area (TPSA) is 99.2 Å². The van der Waals surface area contributed by atoms with Crippen LogP contribution in [-0.4, -0.2) is 64.8 Å². The van der Waals surface area contributed by atoms with E-state index in [9.17, 15) is 32.7 Å². The van der Waals surface area contributed by atoms with Crippen molar-refractivity contribution < 1.29 is 37.4 Å². The number of carboxylic acid groups (broad SMARTS) is 1. The summed E-state index contributed by atoms with van der Waals surface area (Å²) in [5.41, 5.74) is 0.835. The number of ether oxygens (including phenoxy) is 1. The zero-order valence-corrected chi connectivity index (χ0v) is 19.6. The Kier molecular flexibility index (Phi) is 7.37. The quantitative estimate of drug-likeness (QED) is 0.597. The highest BCUT2D eigenvalue weighted by molar-refractivity contribution is 5.91. The molecule has 1 unspecified atom stereocenters. The third kappa shape index (κ3) is 5.24. The molecule has 192 valence electrons. The highest BCUT2D eigenvalue weighted by atomic mass is 19.2. The Morgan fingerprint density at radius 2 is 1.83 bits per heavy atom. The maximum atomic E-state index is 14.3. The van der Waals surface area contributed by atoms with Gasteiger partial charge in [-0.2, -0.15) is 0 Å². The van der Waals surface area contributed by atoms with Crippen LogP contribution in [0.15, 0.2) is 30.3 Å². The highest BCUT2D eigenvalue weighted by Gasteiger charge is 2.34. The first-order chi connectivity index (χ1) is 17.2. The molecule has 0 saturated carbocycles. The number of hydrogen-bond donors (Lipinski definition) is 2. The van der Waals surface area contributed by atoms with Gasteiger partial charge < -0.3 is 25.0 Å². The number of carbonyl (C=O) groups is 3. The number of piperidine rings is 1. The van der Waals surface area contributed by atoms with Crippen LogP contribution in [0, 0.1) is 24.4 Å². The summed E-state index contributed by atoms with van der Waals surface area (Å²) in [5, 5.41) is 12.4. The molecular weight excluding hydrogens is 479 g/mol. The molecule has 2 aliphatic heterocycles. The summed E-state index contributed by atoms with van der Waals surface area (Å²) >= 11 is 0. The average Bonchev–Trinajstić information content (AvgIpc) is 3.03. The number of hydrogen-bond acceptors (Lipinski definition) is 4. The maximum absolute atomic E-state index is 14.3. The summed E-state index contributed by atoms with van der Waals surface area (Å²) in [6.07, 6.45) is -1.73. The molecule has 8 nitrogen and oxygen atoms in total. The molecule has 0 bridgehead atoms. The number of carboxylic acids is 1.